The van der Waals surface area contributed by atoms with Crippen molar-refractivity contribution in [1.29, 1.82) is 0 Å². The summed E-state index contributed by atoms with van der Waals surface area (Å²) in [6.07, 6.45) is 11.6. The van der Waals surface area contributed by atoms with Crippen LogP contribution in [0.2, 0.25) is 0 Å². The van der Waals surface area contributed by atoms with E-state index in [-0.39, 0.29) is 5.91 Å². The Kier molecular flexibility index (Phi) is 11.5. The van der Waals surface area contributed by atoms with Crippen molar-refractivity contribution in [2.24, 2.45) is 15.0 Å². The van der Waals surface area contributed by atoms with Gasteiger partial charge in [-0.2, -0.15) is 0 Å². The second-order valence-corrected chi connectivity index (χ2v) is 7.27. The molecule has 0 aromatic heterocycles. The van der Waals surface area contributed by atoms with Crippen molar-refractivity contribution in [2.75, 3.05) is 19.0 Å². The Morgan fingerprint density at radius 1 is 1.12 bits per heavy atom. The summed E-state index contributed by atoms with van der Waals surface area (Å²) in [4.78, 5) is 25.7. The highest BCUT2D eigenvalue weighted by molar-refractivity contribution is 6.14. The van der Waals surface area contributed by atoms with Crippen LogP contribution in [0.3, 0.4) is 0 Å². The average Bonchev–Trinajstić information content (AvgIpc) is 2.87. The number of carbonyl (C=O) groups is 1. The Morgan fingerprint density at radius 3 is 2.68 bits per heavy atom. The third-order valence-electron chi connectivity index (χ3n) is 4.82. The number of rotatable bonds is 12. The van der Waals surface area contributed by atoms with Gasteiger partial charge in [0.2, 0.25) is 0 Å². The predicted molar refractivity (Wildman–Crippen MR) is 143 cm³/mol. The Labute approximate surface area is 202 Å². The van der Waals surface area contributed by atoms with Crippen molar-refractivity contribution < 1.29 is 9.53 Å². The molecule has 0 radical (unpaired) electrons. The van der Waals surface area contributed by atoms with Crippen LogP contribution in [-0.2, 0) is 0 Å². The van der Waals surface area contributed by atoms with E-state index in [0.29, 0.717) is 40.6 Å². The fourth-order valence-electron chi connectivity index (χ4n) is 3.07. The number of unbranched alkanes of at least 4 members (excludes halogenated alkanes) is 2. The number of anilines is 1. The van der Waals surface area contributed by atoms with Gasteiger partial charge in [-0.3, -0.25) is 14.8 Å². The molecule has 0 aliphatic rings. The summed E-state index contributed by atoms with van der Waals surface area (Å²) in [5.41, 5.74) is 2.47. The molecular weight excluding hydrogens is 426 g/mol. The molecule has 0 fully saturated rings. The molecule has 0 heterocycles. The maximum Gasteiger partial charge on any atom is 0.253 e. The zero-order chi connectivity index (χ0) is 24.6. The lowest BCUT2D eigenvalue weighted by atomic mass is 10.1. The van der Waals surface area contributed by atoms with Crippen molar-refractivity contribution >= 4 is 36.0 Å². The summed E-state index contributed by atoms with van der Waals surface area (Å²) in [5.74, 6) is 1.00. The molecule has 0 saturated carbocycles. The minimum atomic E-state index is -0.139. The van der Waals surface area contributed by atoms with E-state index in [1.165, 1.54) is 0 Å². The van der Waals surface area contributed by atoms with Crippen molar-refractivity contribution in [3.63, 3.8) is 0 Å². The zero-order valence-electron chi connectivity index (χ0n) is 20.1. The second kappa shape index (κ2) is 14.9. The number of para-hydroxylation sites is 1. The van der Waals surface area contributed by atoms with E-state index in [0.717, 1.165) is 19.3 Å². The highest BCUT2D eigenvalue weighted by Crippen LogP contribution is 2.26. The number of methoxy groups -OCH3 is 1. The maximum atomic E-state index is 12.9. The predicted octanol–water partition coefficient (Wildman–Crippen LogP) is 5.92. The van der Waals surface area contributed by atoms with Gasteiger partial charge in [0.25, 0.3) is 5.91 Å². The van der Waals surface area contributed by atoms with Crippen LogP contribution >= 0.6 is 0 Å². The lowest BCUT2D eigenvalue weighted by Gasteiger charge is -2.16. The highest BCUT2D eigenvalue weighted by atomic mass is 16.5. The van der Waals surface area contributed by atoms with E-state index in [9.17, 15) is 4.79 Å². The Hall–Kier alpha value is -4.00. The van der Waals surface area contributed by atoms with Crippen molar-refractivity contribution in [3.8, 4) is 5.75 Å². The Balaban J connectivity index is 2.42. The number of ether oxygens (including phenoxy) is 1. The van der Waals surface area contributed by atoms with Crippen LogP contribution < -0.4 is 15.4 Å². The summed E-state index contributed by atoms with van der Waals surface area (Å²) in [6.45, 7) is 8.34. The summed E-state index contributed by atoms with van der Waals surface area (Å²) >= 11 is 0. The number of amides is 1. The molecule has 34 heavy (non-hydrogen) atoms. The molecule has 2 rings (SSSR count). The van der Waals surface area contributed by atoms with Crippen LogP contribution in [0.1, 0.15) is 49.0 Å². The third-order valence-corrected chi connectivity index (χ3v) is 4.82. The summed E-state index contributed by atoms with van der Waals surface area (Å²) in [5, 5.41) is 6.31. The van der Waals surface area contributed by atoms with Gasteiger partial charge in [0.15, 0.2) is 0 Å². The zero-order valence-corrected chi connectivity index (χ0v) is 20.1. The molecule has 0 aliphatic heterocycles. The first-order valence-corrected chi connectivity index (χ1v) is 11.3. The molecule has 178 valence electrons. The molecule has 0 bridgehead atoms. The number of nitrogens with zero attached hydrogens (tertiary/aromatic N) is 3. The van der Waals surface area contributed by atoms with Gasteiger partial charge in [-0.25, -0.2) is 4.99 Å². The topological polar surface area (TPSA) is 87.4 Å². The second-order valence-electron chi connectivity index (χ2n) is 7.27. The Bertz CT molecular complexity index is 1070. The van der Waals surface area contributed by atoms with Gasteiger partial charge in [0.05, 0.1) is 24.0 Å². The van der Waals surface area contributed by atoms with Crippen LogP contribution in [0.25, 0.3) is 0 Å². The third kappa shape index (κ3) is 8.16. The van der Waals surface area contributed by atoms with Gasteiger partial charge in [-0.05, 0) is 56.5 Å². The quantitative estimate of drug-likeness (QED) is 0.234. The molecule has 7 nitrogen and oxygen atoms in total. The number of allylic oxidation sites excluding steroid dienone is 2. The summed E-state index contributed by atoms with van der Waals surface area (Å²) < 4.78 is 5.39. The number of benzene rings is 2. The first-order chi connectivity index (χ1) is 16.6. The lowest BCUT2D eigenvalue weighted by molar-refractivity contribution is 0.0954. The van der Waals surface area contributed by atoms with Gasteiger partial charge < -0.3 is 15.4 Å². The van der Waals surface area contributed by atoms with E-state index in [2.05, 4.69) is 39.3 Å². The van der Waals surface area contributed by atoms with Crippen LogP contribution in [0, 0.1) is 0 Å². The molecule has 0 aliphatic carbocycles. The van der Waals surface area contributed by atoms with Gasteiger partial charge in [0.1, 0.15) is 11.6 Å². The largest absolute Gasteiger partial charge is 0.497 e. The van der Waals surface area contributed by atoms with Crippen molar-refractivity contribution in [2.45, 2.75) is 33.1 Å². The minimum Gasteiger partial charge on any atom is -0.497 e. The standard InChI is InChI=1S/C27H33N5O2/c1-5-7-10-18-31-27(33)22-12-8-9-13-25(22)32-26(30-19-11-17-29-16-6-2)23-20-21(34-4)14-15-24(23)28-3/h6,8-9,11-17,19-20H,3,5,7,10,18H2,1-2,4H3,(H,30,32)(H,31,33)/b16-6+,19-11-,29-17-. The average molecular weight is 460 g/mol. The van der Waals surface area contributed by atoms with E-state index in [1.54, 1.807) is 37.9 Å². The maximum absolute atomic E-state index is 12.9. The van der Waals surface area contributed by atoms with Crippen molar-refractivity contribution in [3.05, 3.63) is 78.1 Å². The van der Waals surface area contributed by atoms with Crippen LogP contribution in [0.15, 0.2) is 82.0 Å². The molecule has 1 amide bonds. The summed E-state index contributed by atoms with van der Waals surface area (Å²) in [7, 11) is 1.60. The molecular formula is C27H33N5O2. The van der Waals surface area contributed by atoms with E-state index in [1.807, 2.05) is 49.4 Å². The minimum absolute atomic E-state index is 0.139. The molecule has 0 spiro atoms. The van der Waals surface area contributed by atoms with E-state index >= 15 is 0 Å². The molecule has 2 N–H and O–H groups in total. The highest BCUT2D eigenvalue weighted by Gasteiger charge is 2.15. The van der Waals surface area contributed by atoms with Crippen LogP contribution in [0.4, 0.5) is 11.4 Å². The van der Waals surface area contributed by atoms with Crippen LogP contribution in [0.5, 0.6) is 5.75 Å². The fourth-order valence-corrected chi connectivity index (χ4v) is 3.07. The fraction of sp³-hybridized carbons (Fsp3) is 0.259. The smallest absolute Gasteiger partial charge is 0.253 e. The SMILES string of the molecule is C=Nc1ccc(OC)cc1C(=N\C=C/C=N\C=C\C)Nc1ccccc1C(=O)NCCCCC. The first-order valence-electron chi connectivity index (χ1n) is 11.3. The summed E-state index contributed by atoms with van der Waals surface area (Å²) in [6, 6.07) is 12.8. The van der Waals surface area contributed by atoms with Gasteiger partial charge in [-0.15, -0.1) is 0 Å². The van der Waals surface area contributed by atoms with E-state index in [4.69, 9.17) is 4.74 Å². The number of aliphatic imine (C=N–C) groups is 3. The number of hydrogen-bond acceptors (Lipinski definition) is 5. The number of nitrogens with one attached hydrogen (secondary N) is 2. The molecule has 0 atom stereocenters. The van der Waals surface area contributed by atoms with Gasteiger partial charge in [-0.1, -0.05) is 38.0 Å². The molecule has 7 heteroatoms. The molecule has 2 aromatic rings. The number of carbonyl (C=O) groups excluding carboxylic acids is 1. The van der Waals surface area contributed by atoms with Gasteiger partial charge >= 0.3 is 0 Å². The van der Waals surface area contributed by atoms with E-state index < -0.39 is 0 Å². The Morgan fingerprint density at radius 2 is 1.94 bits per heavy atom. The first kappa shape index (κ1) is 26.3. The normalized spacial score (nSPS) is 11.9. The van der Waals surface area contributed by atoms with Crippen LogP contribution in [-0.4, -0.2) is 38.3 Å². The molecule has 0 saturated heterocycles. The number of hydrogen-bond donors (Lipinski definition) is 2. The number of amidine groups is 1. The molecule has 2 aromatic carbocycles. The lowest BCUT2D eigenvalue weighted by Crippen LogP contribution is -2.26. The molecule has 0 unspecified atom stereocenters. The monoisotopic (exact) mass is 459 g/mol. The van der Waals surface area contributed by atoms with Crippen molar-refractivity contribution in [1.82, 2.24) is 5.32 Å². The van der Waals surface area contributed by atoms with Gasteiger partial charge in [0, 0.05) is 30.7 Å².